The van der Waals surface area contributed by atoms with Crippen LogP contribution in [0.25, 0.3) is 20.7 Å². The first-order valence-electron chi connectivity index (χ1n) is 5.68. The molecule has 0 bridgehead atoms. The number of rotatable bonds is 2. The second-order valence-corrected chi connectivity index (χ2v) is 6.22. The zero-order valence-electron chi connectivity index (χ0n) is 10.2. The summed E-state index contributed by atoms with van der Waals surface area (Å²) in [6, 6.07) is 4.01. The van der Waals surface area contributed by atoms with Crippen LogP contribution < -0.4 is 5.56 Å². The lowest BCUT2D eigenvalue weighted by molar-refractivity contribution is 0.784. The minimum absolute atomic E-state index is 0.0595. The van der Waals surface area contributed by atoms with E-state index in [9.17, 15) is 4.79 Å². The average Bonchev–Trinajstić information content (AvgIpc) is 2.99. The molecule has 0 aromatic carbocycles. The summed E-state index contributed by atoms with van der Waals surface area (Å²) < 4.78 is 1.48. The lowest BCUT2D eigenvalue weighted by Gasteiger charge is -2.01. The number of fused-ring (bicyclic) bond motifs is 1. The number of hydrogen-bond acceptors (Lipinski definition) is 4. The van der Waals surface area contributed by atoms with Crippen LogP contribution in [0.5, 0.6) is 0 Å². The highest BCUT2D eigenvalue weighted by Crippen LogP contribution is 2.37. The van der Waals surface area contributed by atoms with Crippen molar-refractivity contribution in [3.63, 3.8) is 0 Å². The molecule has 3 aromatic heterocycles. The maximum atomic E-state index is 12.5. The van der Waals surface area contributed by atoms with Gasteiger partial charge in [0.1, 0.15) is 4.83 Å². The Hall–Kier alpha value is -1.90. The SMILES string of the molecule is C#CCn1cnc2sc(C)c(-c3cccs3)c2c1=O. The topological polar surface area (TPSA) is 34.9 Å². The summed E-state index contributed by atoms with van der Waals surface area (Å²) >= 11 is 3.18. The van der Waals surface area contributed by atoms with Gasteiger partial charge >= 0.3 is 0 Å². The maximum absolute atomic E-state index is 12.5. The van der Waals surface area contributed by atoms with E-state index in [0.29, 0.717) is 5.39 Å². The van der Waals surface area contributed by atoms with Crippen molar-refractivity contribution in [1.29, 1.82) is 0 Å². The second-order valence-electron chi connectivity index (χ2n) is 4.07. The van der Waals surface area contributed by atoms with E-state index in [2.05, 4.69) is 10.9 Å². The predicted molar refractivity (Wildman–Crippen MR) is 80.8 cm³/mol. The molecule has 0 fully saturated rings. The average molecular weight is 286 g/mol. The fraction of sp³-hybridized carbons (Fsp3) is 0.143. The Bertz CT molecular complexity index is 835. The molecule has 0 spiro atoms. The molecule has 0 radical (unpaired) electrons. The van der Waals surface area contributed by atoms with Crippen LogP contribution in [0.3, 0.4) is 0 Å². The third-order valence-electron chi connectivity index (χ3n) is 2.88. The van der Waals surface area contributed by atoms with Crippen molar-refractivity contribution in [1.82, 2.24) is 9.55 Å². The molecule has 0 unspecified atom stereocenters. The summed E-state index contributed by atoms with van der Waals surface area (Å²) in [6.07, 6.45) is 6.80. The van der Waals surface area contributed by atoms with Crippen LogP contribution in [0.15, 0.2) is 28.6 Å². The monoisotopic (exact) mass is 286 g/mol. The van der Waals surface area contributed by atoms with Crippen molar-refractivity contribution in [2.75, 3.05) is 0 Å². The first-order valence-corrected chi connectivity index (χ1v) is 7.38. The van der Waals surface area contributed by atoms with Gasteiger partial charge in [-0.2, -0.15) is 0 Å². The highest BCUT2D eigenvalue weighted by molar-refractivity contribution is 7.20. The van der Waals surface area contributed by atoms with Gasteiger partial charge in [0.05, 0.1) is 18.3 Å². The van der Waals surface area contributed by atoms with Gasteiger partial charge in [0.15, 0.2) is 0 Å². The quantitative estimate of drug-likeness (QED) is 0.678. The molecule has 0 N–H and O–H groups in total. The third kappa shape index (κ3) is 1.89. The van der Waals surface area contributed by atoms with Crippen LogP contribution in [-0.4, -0.2) is 9.55 Å². The van der Waals surface area contributed by atoms with Gasteiger partial charge in [0.2, 0.25) is 0 Å². The van der Waals surface area contributed by atoms with Gasteiger partial charge in [-0.05, 0) is 18.4 Å². The Morgan fingerprint density at radius 3 is 3.05 bits per heavy atom. The molecule has 0 atom stereocenters. The Kier molecular flexibility index (Phi) is 2.97. The van der Waals surface area contributed by atoms with Crippen molar-refractivity contribution in [3.05, 3.63) is 39.1 Å². The molecule has 5 heteroatoms. The number of nitrogens with zero attached hydrogens (tertiary/aromatic N) is 2. The first kappa shape index (κ1) is 12.2. The van der Waals surface area contributed by atoms with Gasteiger partial charge in [-0.3, -0.25) is 9.36 Å². The van der Waals surface area contributed by atoms with E-state index in [-0.39, 0.29) is 12.1 Å². The van der Waals surface area contributed by atoms with E-state index in [1.807, 2.05) is 24.4 Å². The molecule has 19 heavy (non-hydrogen) atoms. The van der Waals surface area contributed by atoms with Crippen molar-refractivity contribution in [2.24, 2.45) is 0 Å². The van der Waals surface area contributed by atoms with Crippen LogP contribution in [0, 0.1) is 19.3 Å². The maximum Gasteiger partial charge on any atom is 0.263 e. The fourth-order valence-corrected chi connectivity index (χ4v) is 3.96. The number of hydrogen-bond donors (Lipinski definition) is 0. The van der Waals surface area contributed by atoms with Crippen LogP contribution in [-0.2, 0) is 6.54 Å². The van der Waals surface area contributed by atoms with E-state index in [0.717, 1.165) is 20.1 Å². The fourth-order valence-electron chi connectivity index (χ4n) is 2.07. The zero-order valence-corrected chi connectivity index (χ0v) is 11.8. The van der Waals surface area contributed by atoms with Crippen LogP contribution in [0.1, 0.15) is 4.88 Å². The lowest BCUT2D eigenvalue weighted by atomic mass is 10.1. The van der Waals surface area contributed by atoms with Crippen molar-refractivity contribution in [3.8, 4) is 22.8 Å². The predicted octanol–water partition coefficient (Wildman–Crippen LogP) is 3.13. The zero-order chi connectivity index (χ0) is 13.4. The van der Waals surface area contributed by atoms with Crippen LogP contribution in [0.4, 0.5) is 0 Å². The summed E-state index contributed by atoms with van der Waals surface area (Å²) in [6.45, 7) is 2.27. The van der Waals surface area contributed by atoms with E-state index in [4.69, 9.17) is 6.42 Å². The molecule has 0 saturated heterocycles. The largest absolute Gasteiger partial charge is 0.287 e. The molecule has 3 heterocycles. The molecule has 0 aliphatic carbocycles. The van der Waals surface area contributed by atoms with E-state index < -0.39 is 0 Å². The Balaban J connectivity index is 2.39. The van der Waals surface area contributed by atoms with Crippen molar-refractivity contribution in [2.45, 2.75) is 13.5 Å². The number of aromatic nitrogens is 2. The van der Waals surface area contributed by atoms with Crippen molar-refractivity contribution >= 4 is 32.9 Å². The molecule has 3 nitrogen and oxygen atoms in total. The summed E-state index contributed by atoms with van der Waals surface area (Å²) in [5, 5.41) is 2.69. The minimum Gasteiger partial charge on any atom is -0.287 e. The molecule has 0 aliphatic heterocycles. The molecular formula is C14H10N2OS2. The number of aryl methyl sites for hydroxylation is 1. The number of thiophene rings is 2. The highest BCUT2D eigenvalue weighted by atomic mass is 32.1. The van der Waals surface area contributed by atoms with E-state index in [1.165, 1.54) is 10.9 Å². The standard InChI is InChI=1S/C14H10N2OS2/c1-3-6-16-8-15-13-12(14(16)17)11(9(2)19-13)10-5-4-7-18-10/h1,4-5,7-8H,6H2,2H3. The van der Waals surface area contributed by atoms with Crippen LogP contribution >= 0.6 is 22.7 Å². The minimum atomic E-state index is -0.0595. The smallest absolute Gasteiger partial charge is 0.263 e. The summed E-state index contributed by atoms with van der Waals surface area (Å²) in [4.78, 5) is 19.8. The number of terminal acetylenes is 1. The Labute approximate surface area is 118 Å². The van der Waals surface area contributed by atoms with Gasteiger partial charge in [0, 0.05) is 15.3 Å². The molecule has 3 rings (SSSR count). The lowest BCUT2D eigenvalue weighted by Crippen LogP contribution is -2.19. The van der Waals surface area contributed by atoms with Gasteiger partial charge in [-0.15, -0.1) is 29.1 Å². The molecule has 3 aromatic rings. The van der Waals surface area contributed by atoms with Gasteiger partial charge in [0.25, 0.3) is 5.56 Å². The summed E-state index contributed by atoms with van der Waals surface area (Å²) in [5.41, 5.74) is 0.939. The van der Waals surface area contributed by atoms with Crippen molar-refractivity contribution < 1.29 is 0 Å². The first-order chi connectivity index (χ1) is 9.22. The molecule has 0 amide bonds. The van der Waals surface area contributed by atoms with E-state index in [1.54, 1.807) is 22.7 Å². The molecule has 94 valence electrons. The molecular weight excluding hydrogens is 276 g/mol. The third-order valence-corrected chi connectivity index (χ3v) is 4.78. The summed E-state index contributed by atoms with van der Waals surface area (Å²) in [5.74, 6) is 2.48. The summed E-state index contributed by atoms with van der Waals surface area (Å²) in [7, 11) is 0. The van der Waals surface area contributed by atoms with Gasteiger partial charge in [-0.25, -0.2) is 4.98 Å². The van der Waals surface area contributed by atoms with Crippen LogP contribution in [0.2, 0.25) is 0 Å². The molecule has 0 saturated carbocycles. The van der Waals surface area contributed by atoms with Gasteiger partial charge < -0.3 is 0 Å². The Morgan fingerprint density at radius 2 is 2.37 bits per heavy atom. The molecule has 0 aliphatic rings. The van der Waals surface area contributed by atoms with Gasteiger partial charge in [-0.1, -0.05) is 12.0 Å². The highest BCUT2D eigenvalue weighted by Gasteiger charge is 2.17. The second kappa shape index (κ2) is 4.65. The normalized spacial score (nSPS) is 10.7. The van der Waals surface area contributed by atoms with E-state index >= 15 is 0 Å². The Morgan fingerprint density at radius 1 is 1.53 bits per heavy atom.